The summed E-state index contributed by atoms with van der Waals surface area (Å²) in [5.74, 6) is 2.08. The number of piperazine rings is 1. The van der Waals surface area contributed by atoms with Gasteiger partial charge in [-0.3, -0.25) is 4.90 Å². The average molecular weight is 262 g/mol. The lowest BCUT2D eigenvalue weighted by molar-refractivity contribution is 0.169. The van der Waals surface area contributed by atoms with Crippen molar-refractivity contribution in [2.75, 3.05) is 36.9 Å². The Kier molecular flexibility index (Phi) is 4.64. The number of anilines is 2. The molecule has 1 aliphatic heterocycles. The Bertz CT molecular complexity index is 395. The van der Waals surface area contributed by atoms with E-state index in [0.717, 1.165) is 37.7 Å². The van der Waals surface area contributed by atoms with Crippen LogP contribution in [0.15, 0.2) is 18.2 Å². The average Bonchev–Trinajstić information content (AvgIpc) is 2.42. The molecule has 4 nitrogen and oxygen atoms in total. The molecule has 1 fully saturated rings. The number of aromatic nitrogens is 1. The van der Waals surface area contributed by atoms with Crippen molar-refractivity contribution < 1.29 is 0 Å². The lowest BCUT2D eigenvalue weighted by Gasteiger charge is -2.43. The van der Waals surface area contributed by atoms with E-state index >= 15 is 0 Å². The number of likely N-dealkylation sites (N-methyl/N-ethyl adjacent to an activating group) is 1. The molecule has 2 heterocycles. The van der Waals surface area contributed by atoms with Crippen LogP contribution in [0.5, 0.6) is 0 Å². The van der Waals surface area contributed by atoms with Crippen molar-refractivity contribution in [2.45, 2.75) is 39.3 Å². The van der Waals surface area contributed by atoms with Gasteiger partial charge in [0.25, 0.3) is 0 Å². The number of pyridine rings is 1. The van der Waals surface area contributed by atoms with Crippen molar-refractivity contribution >= 4 is 11.6 Å². The minimum atomic E-state index is 0.567. The van der Waals surface area contributed by atoms with Gasteiger partial charge in [0, 0.05) is 31.7 Å². The zero-order valence-electron chi connectivity index (χ0n) is 12.6. The molecule has 2 rings (SSSR count). The monoisotopic (exact) mass is 262 g/mol. The topological polar surface area (TPSA) is 31.4 Å². The Labute approximate surface area is 116 Å². The minimum Gasteiger partial charge on any atom is -0.370 e. The van der Waals surface area contributed by atoms with Gasteiger partial charge in [0.15, 0.2) is 0 Å². The van der Waals surface area contributed by atoms with Gasteiger partial charge in [0.05, 0.1) is 0 Å². The van der Waals surface area contributed by atoms with Gasteiger partial charge in [-0.2, -0.15) is 0 Å². The van der Waals surface area contributed by atoms with E-state index in [2.05, 4.69) is 55.1 Å². The highest BCUT2D eigenvalue weighted by molar-refractivity contribution is 5.47. The Morgan fingerprint density at radius 2 is 1.95 bits per heavy atom. The summed E-state index contributed by atoms with van der Waals surface area (Å²) in [6, 6.07) is 7.38. The fourth-order valence-corrected chi connectivity index (χ4v) is 2.54. The van der Waals surface area contributed by atoms with Gasteiger partial charge < -0.3 is 10.2 Å². The largest absolute Gasteiger partial charge is 0.370 e. The van der Waals surface area contributed by atoms with E-state index in [-0.39, 0.29) is 0 Å². The summed E-state index contributed by atoms with van der Waals surface area (Å²) in [6.45, 7) is 9.80. The molecule has 0 bridgehead atoms. The molecule has 0 saturated carbocycles. The van der Waals surface area contributed by atoms with E-state index in [1.54, 1.807) is 0 Å². The molecule has 2 unspecified atom stereocenters. The van der Waals surface area contributed by atoms with Crippen LogP contribution in [0.3, 0.4) is 0 Å². The number of hydrogen-bond acceptors (Lipinski definition) is 4. The molecule has 4 heteroatoms. The molecule has 1 aromatic rings. The molecular formula is C15H26N4. The maximum absolute atomic E-state index is 4.72. The van der Waals surface area contributed by atoms with Crippen LogP contribution in [-0.2, 0) is 0 Å². The van der Waals surface area contributed by atoms with Crippen LogP contribution in [0.25, 0.3) is 0 Å². The molecular weight excluding hydrogens is 236 g/mol. The third-order valence-corrected chi connectivity index (χ3v) is 3.97. The smallest absolute Gasteiger partial charge is 0.131 e. The van der Waals surface area contributed by atoms with Crippen molar-refractivity contribution in [1.82, 2.24) is 9.88 Å². The maximum Gasteiger partial charge on any atom is 0.131 e. The summed E-state index contributed by atoms with van der Waals surface area (Å²) in [5, 5.41) is 3.36. The fourth-order valence-electron chi connectivity index (χ4n) is 2.54. The summed E-state index contributed by atoms with van der Waals surface area (Å²) >= 11 is 0. The van der Waals surface area contributed by atoms with Gasteiger partial charge in [0.1, 0.15) is 11.6 Å². The van der Waals surface area contributed by atoms with Crippen molar-refractivity contribution in [3.05, 3.63) is 18.2 Å². The van der Waals surface area contributed by atoms with E-state index in [0.29, 0.717) is 12.1 Å². The first kappa shape index (κ1) is 14.1. The molecule has 1 saturated heterocycles. The molecule has 0 aliphatic carbocycles. The van der Waals surface area contributed by atoms with Gasteiger partial charge in [-0.15, -0.1) is 0 Å². The molecule has 19 heavy (non-hydrogen) atoms. The molecule has 106 valence electrons. The van der Waals surface area contributed by atoms with Gasteiger partial charge in [0.2, 0.25) is 0 Å². The van der Waals surface area contributed by atoms with Crippen molar-refractivity contribution in [2.24, 2.45) is 0 Å². The molecule has 0 amide bonds. The first-order chi connectivity index (χ1) is 9.11. The molecule has 0 radical (unpaired) electrons. The predicted octanol–water partition coefficient (Wildman–Crippen LogP) is 2.43. The Morgan fingerprint density at radius 1 is 1.26 bits per heavy atom. The van der Waals surface area contributed by atoms with Crippen LogP contribution < -0.4 is 10.2 Å². The Hall–Kier alpha value is -1.29. The Morgan fingerprint density at radius 3 is 2.58 bits per heavy atom. The normalized spacial score (nSPS) is 24.5. The zero-order chi connectivity index (χ0) is 13.8. The lowest BCUT2D eigenvalue weighted by atomic mass is 10.1. The summed E-state index contributed by atoms with van der Waals surface area (Å²) in [5.41, 5.74) is 0. The summed E-state index contributed by atoms with van der Waals surface area (Å²) in [7, 11) is 2.21. The summed E-state index contributed by atoms with van der Waals surface area (Å²) in [6.07, 6.45) is 1.12. The molecule has 1 N–H and O–H groups in total. The third-order valence-electron chi connectivity index (χ3n) is 3.97. The van der Waals surface area contributed by atoms with Gasteiger partial charge in [-0.1, -0.05) is 13.0 Å². The van der Waals surface area contributed by atoms with Gasteiger partial charge in [-0.25, -0.2) is 4.98 Å². The quantitative estimate of drug-likeness (QED) is 0.903. The van der Waals surface area contributed by atoms with Gasteiger partial charge >= 0.3 is 0 Å². The summed E-state index contributed by atoms with van der Waals surface area (Å²) < 4.78 is 0. The highest BCUT2D eigenvalue weighted by atomic mass is 15.3. The second kappa shape index (κ2) is 6.24. The Balaban J connectivity index is 2.09. The highest BCUT2D eigenvalue weighted by Gasteiger charge is 2.27. The molecule has 2 atom stereocenters. The molecule has 0 spiro atoms. The highest BCUT2D eigenvalue weighted by Crippen LogP contribution is 2.20. The number of rotatable bonds is 4. The molecule has 1 aliphatic rings. The van der Waals surface area contributed by atoms with Crippen molar-refractivity contribution in [3.8, 4) is 0 Å². The zero-order valence-corrected chi connectivity index (χ0v) is 12.6. The van der Waals surface area contributed by atoms with E-state index in [1.165, 1.54) is 0 Å². The lowest BCUT2D eigenvalue weighted by Crippen LogP contribution is -2.55. The van der Waals surface area contributed by atoms with E-state index in [9.17, 15) is 0 Å². The second-order valence-electron chi connectivity index (χ2n) is 5.58. The SMILES string of the molecule is CCCNc1cccc(N2CC(C)N(C)C(C)C2)n1. The van der Waals surface area contributed by atoms with Crippen LogP contribution in [-0.4, -0.2) is 48.6 Å². The van der Waals surface area contributed by atoms with Crippen LogP contribution >= 0.6 is 0 Å². The summed E-state index contributed by atoms with van der Waals surface area (Å²) in [4.78, 5) is 9.56. The number of nitrogens with one attached hydrogen (secondary N) is 1. The number of nitrogens with zero attached hydrogens (tertiary/aromatic N) is 3. The second-order valence-corrected chi connectivity index (χ2v) is 5.58. The minimum absolute atomic E-state index is 0.567. The van der Waals surface area contributed by atoms with Gasteiger partial charge in [-0.05, 0) is 39.4 Å². The number of hydrogen-bond donors (Lipinski definition) is 1. The molecule has 1 aromatic heterocycles. The van der Waals surface area contributed by atoms with E-state index in [1.807, 2.05) is 6.07 Å². The first-order valence-electron chi connectivity index (χ1n) is 7.29. The van der Waals surface area contributed by atoms with Crippen molar-refractivity contribution in [3.63, 3.8) is 0 Å². The first-order valence-corrected chi connectivity index (χ1v) is 7.29. The third kappa shape index (κ3) is 3.38. The van der Waals surface area contributed by atoms with Crippen LogP contribution in [0.1, 0.15) is 27.2 Å². The van der Waals surface area contributed by atoms with Crippen molar-refractivity contribution in [1.29, 1.82) is 0 Å². The van der Waals surface area contributed by atoms with Crippen LogP contribution in [0, 0.1) is 0 Å². The van der Waals surface area contributed by atoms with Crippen LogP contribution in [0.2, 0.25) is 0 Å². The van der Waals surface area contributed by atoms with E-state index in [4.69, 9.17) is 4.98 Å². The predicted molar refractivity (Wildman–Crippen MR) is 81.9 cm³/mol. The van der Waals surface area contributed by atoms with Crippen LogP contribution in [0.4, 0.5) is 11.6 Å². The maximum atomic E-state index is 4.72. The fraction of sp³-hybridized carbons (Fsp3) is 0.667. The van der Waals surface area contributed by atoms with E-state index < -0.39 is 0 Å². The standard InChI is InChI=1S/C15H26N4/c1-5-9-16-14-7-6-8-15(17-14)19-10-12(2)18(4)13(3)11-19/h6-8,12-13H,5,9-11H2,1-4H3,(H,16,17). The molecule has 0 aromatic carbocycles.